The third kappa shape index (κ3) is 4.18. The zero-order valence-corrected chi connectivity index (χ0v) is 22.2. The van der Waals surface area contributed by atoms with Crippen molar-refractivity contribution in [2.45, 2.75) is 31.8 Å². The van der Waals surface area contributed by atoms with Crippen molar-refractivity contribution in [3.8, 4) is 22.9 Å². The van der Waals surface area contributed by atoms with Crippen molar-refractivity contribution in [1.82, 2.24) is 9.55 Å². The van der Waals surface area contributed by atoms with Crippen LogP contribution in [0.3, 0.4) is 0 Å². The molecule has 0 spiro atoms. The first kappa shape index (κ1) is 24.4. The Morgan fingerprint density at radius 3 is 2.60 bits per heavy atom. The minimum atomic E-state index is -0.413. The molecule has 1 aliphatic carbocycles. The second kappa shape index (κ2) is 10.1. The molecule has 2 N–H and O–H groups in total. The molecule has 1 saturated carbocycles. The van der Waals surface area contributed by atoms with Gasteiger partial charge in [-0.05, 0) is 66.8 Å². The first-order valence-electron chi connectivity index (χ1n) is 14.0. The van der Waals surface area contributed by atoms with E-state index in [1.54, 1.807) is 0 Å². The maximum absolute atomic E-state index is 10.8. The molecule has 4 aromatic carbocycles. The summed E-state index contributed by atoms with van der Waals surface area (Å²) in [6, 6.07) is 33.5. The van der Waals surface area contributed by atoms with Crippen LogP contribution in [0.2, 0.25) is 0 Å². The fraction of sp³-hybridized carbons (Fsp3) is 0.200. The number of nitrogens with one attached hydrogen (secondary N) is 1. The smallest absolute Gasteiger partial charge is 0.101 e. The Morgan fingerprint density at radius 2 is 1.73 bits per heavy atom. The van der Waals surface area contributed by atoms with Gasteiger partial charge in [-0.1, -0.05) is 61.4 Å². The Labute approximate surface area is 233 Å². The largest absolute Gasteiger partial charge is 0.391 e. The molecule has 0 radical (unpaired) electrons. The molecule has 40 heavy (non-hydrogen) atoms. The Morgan fingerprint density at radius 1 is 0.925 bits per heavy atom. The summed E-state index contributed by atoms with van der Waals surface area (Å²) in [7, 11) is 0. The van der Waals surface area contributed by atoms with Crippen molar-refractivity contribution in [1.29, 1.82) is 5.26 Å². The lowest BCUT2D eigenvalue weighted by molar-refractivity contribution is 0.123. The van der Waals surface area contributed by atoms with Gasteiger partial charge in [0.25, 0.3) is 0 Å². The van der Waals surface area contributed by atoms with Crippen LogP contribution in [0.4, 0.5) is 5.69 Å². The minimum Gasteiger partial charge on any atom is -0.391 e. The summed E-state index contributed by atoms with van der Waals surface area (Å²) in [4.78, 5) is 4.74. The summed E-state index contributed by atoms with van der Waals surface area (Å²) in [5, 5.41) is 27.4. The number of fused-ring (bicyclic) bond motifs is 4. The average molecular weight is 523 g/mol. The van der Waals surface area contributed by atoms with Gasteiger partial charge in [0.05, 0.1) is 33.9 Å². The van der Waals surface area contributed by atoms with E-state index in [0.717, 1.165) is 62.7 Å². The summed E-state index contributed by atoms with van der Waals surface area (Å²) < 4.78 is 2.27. The van der Waals surface area contributed by atoms with E-state index in [-0.39, 0.29) is 0 Å². The molecule has 0 aliphatic heterocycles. The summed E-state index contributed by atoms with van der Waals surface area (Å²) in [6.07, 6.45) is 6.07. The third-order valence-electron chi connectivity index (χ3n) is 8.43. The highest BCUT2D eigenvalue weighted by molar-refractivity contribution is 6.16. The zero-order valence-electron chi connectivity index (χ0n) is 22.2. The zero-order chi connectivity index (χ0) is 27.1. The molecular weight excluding hydrogens is 492 g/mol. The molecule has 7 rings (SSSR count). The maximum atomic E-state index is 10.8. The van der Waals surface area contributed by atoms with Gasteiger partial charge in [0.15, 0.2) is 0 Å². The lowest BCUT2D eigenvalue weighted by Gasteiger charge is -2.20. The Kier molecular flexibility index (Phi) is 6.18. The van der Waals surface area contributed by atoms with Crippen LogP contribution in [0.1, 0.15) is 31.2 Å². The Balaban J connectivity index is 1.36. The standard InChI is InChI=1S/C35H30N4O/c36-20-25-16-17-27(19-31(25)38-22-34(40)23-8-1-2-9-23)39-32-14-6-4-11-29(32)35-28(12-7-15-33(35)39)26-18-24-10-3-5-13-30(24)37-21-26/h3-7,10-19,21,23,34,38,40H,1-2,8-9,22H2. The van der Waals surface area contributed by atoms with Gasteiger partial charge >= 0.3 is 0 Å². The van der Waals surface area contributed by atoms with E-state index in [0.29, 0.717) is 18.0 Å². The van der Waals surface area contributed by atoms with E-state index in [1.165, 1.54) is 18.2 Å². The molecule has 6 aromatic rings. The van der Waals surface area contributed by atoms with Crippen LogP contribution in [-0.2, 0) is 0 Å². The van der Waals surface area contributed by atoms with Crippen LogP contribution >= 0.6 is 0 Å². The van der Waals surface area contributed by atoms with Crippen molar-refractivity contribution < 1.29 is 5.11 Å². The molecule has 2 aromatic heterocycles. The fourth-order valence-electron chi connectivity index (χ4n) is 6.39. The predicted molar refractivity (Wildman–Crippen MR) is 163 cm³/mol. The van der Waals surface area contributed by atoms with Gasteiger partial charge in [-0.2, -0.15) is 5.26 Å². The maximum Gasteiger partial charge on any atom is 0.101 e. The van der Waals surface area contributed by atoms with Gasteiger partial charge in [0.1, 0.15) is 6.07 Å². The van der Waals surface area contributed by atoms with E-state index in [9.17, 15) is 10.4 Å². The number of rotatable bonds is 6. The second-order valence-corrected chi connectivity index (χ2v) is 10.8. The number of aliphatic hydroxyl groups is 1. The third-order valence-corrected chi connectivity index (χ3v) is 8.43. The number of hydrogen-bond donors (Lipinski definition) is 2. The number of benzene rings is 4. The van der Waals surface area contributed by atoms with E-state index in [4.69, 9.17) is 4.98 Å². The van der Waals surface area contributed by atoms with Gasteiger partial charge in [-0.15, -0.1) is 0 Å². The highest BCUT2D eigenvalue weighted by atomic mass is 16.3. The van der Waals surface area contributed by atoms with Crippen LogP contribution in [0, 0.1) is 17.2 Å². The molecule has 1 atom stereocenters. The molecule has 2 heterocycles. The molecule has 0 bridgehead atoms. The van der Waals surface area contributed by atoms with Gasteiger partial charge in [0.2, 0.25) is 0 Å². The van der Waals surface area contributed by atoms with Crippen molar-refractivity contribution >= 4 is 38.4 Å². The summed E-state index contributed by atoms with van der Waals surface area (Å²) >= 11 is 0. The predicted octanol–water partition coefficient (Wildman–Crippen LogP) is 7.83. The van der Waals surface area contributed by atoms with Gasteiger partial charge < -0.3 is 15.0 Å². The van der Waals surface area contributed by atoms with Crippen LogP contribution in [0.15, 0.2) is 97.2 Å². The summed E-state index contributed by atoms with van der Waals surface area (Å²) in [6.45, 7) is 0.440. The topological polar surface area (TPSA) is 73.9 Å². The summed E-state index contributed by atoms with van der Waals surface area (Å²) in [5.74, 6) is 0.335. The van der Waals surface area contributed by atoms with E-state index in [2.05, 4.69) is 70.6 Å². The molecule has 1 fully saturated rings. The molecule has 196 valence electrons. The first-order chi connectivity index (χ1) is 19.7. The number of aliphatic hydroxyl groups excluding tert-OH is 1. The van der Waals surface area contributed by atoms with E-state index >= 15 is 0 Å². The monoisotopic (exact) mass is 522 g/mol. The lowest BCUT2D eigenvalue weighted by Crippen LogP contribution is -2.27. The van der Waals surface area contributed by atoms with Crippen molar-refractivity contribution in [3.63, 3.8) is 0 Å². The average Bonchev–Trinajstić information content (AvgIpc) is 3.66. The van der Waals surface area contributed by atoms with Gasteiger partial charge in [-0.25, -0.2) is 0 Å². The van der Waals surface area contributed by atoms with Crippen LogP contribution in [0.5, 0.6) is 0 Å². The molecule has 1 aliphatic rings. The van der Waals surface area contributed by atoms with Crippen molar-refractivity contribution in [2.24, 2.45) is 5.92 Å². The number of hydrogen-bond acceptors (Lipinski definition) is 4. The molecular formula is C35H30N4O. The number of nitrogens with zero attached hydrogens (tertiary/aromatic N) is 3. The number of para-hydroxylation sites is 2. The Bertz CT molecular complexity index is 1910. The quantitative estimate of drug-likeness (QED) is 0.234. The normalized spacial score (nSPS) is 14.6. The molecule has 1 unspecified atom stereocenters. The van der Waals surface area contributed by atoms with Gasteiger partial charge in [0, 0.05) is 40.2 Å². The molecule has 0 amide bonds. The molecule has 5 heteroatoms. The van der Waals surface area contributed by atoms with Crippen LogP contribution in [-0.4, -0.2) is 27.3 Å². The van der Waals surface area contributed by atoms with Crippen molar-refractivity contribution in [2.75, 3.05) is 11.9 Å². The van der Waals surface area contributed by atoms with E-state index in [1.807, 2.05) is 42.6 Å². The lowest BCUT2D eigenvalue weighted by atomic mass is 9.99. The number of anilines is 1. The highest BCUT2D eigenvalue weighted by Crippen LogP contribution is 2.39. The van der Waals surface area contributed by atoms with Crippen molar-refractivity contribution in [3.05, 3.63) is 103 Å². The van der Waals surface area contributed by atoms with Crippen LogP contribution < -0.4 is 5.32 Å². The Hall–Kier alpha value is -4.66. The van der Waals surface area contributed by atoms with E-state index < -0.39 is 6.10 Å². The number of pyridine rings is 1. The SMILES string of the molecule is N#Cc1ccc(-n2c3ccccc3c3c(-c4cnc5ccccc5c4)cccc32)cc1NCC(O)C1CCCC1. The molecule has 5 nitrogen and oxygen atoms in total. The van der Waals surface area contributed by atoms with Crippen LogP contribution in [0.25, 0.3) is 49.5 Å². The second-order valence-electron chi connectivity index (χ2n) is 10.8. The number of aromatic nitrogens is 2. The van der Waals surface area contributed by atoms with Gasteiger partial charge in [-0.3, -0.25) is 4.98 Å². The molecule has 0 saturated heterocycles. The highest BCUT2D eigenvalue weighted by Gasteiger charge is 2.23. The fourth-order valence-corrected chi connectivity index (χ4v) is 6.39. The summed E-state index contributed by atoms with van der Waals surface area (Å²) in [5.41, 5.74) is 7.68. The minimum absolute atomic E-state index is 0.335. The first-order valence-corrected chi connectivity index (χ1v) is 14.0. The number of nitriles is 1.